The molecule has 24 heavy (non-hydrogen) atoms. The summed E-state index contributed by atoms with van der Waals surface area (Å²) in [7, 11) is 0. The Morgan fingerprint density at radius 2 is 1.92 bits per heavy atom. The average Bonchev–Trinajstić information content (AvgIpc) is 3.07. The molecule has 0 unspecified atom stereocenters. The molecule has 122 valence electrons. The number of carbonyl (C=O) groups excluding carboxylic acids is 1. The van der Waals surface area contributed by atoms with Crippen molar-refractivity contribution >= 4 is 11.6 Å². The van der Waals surface area contributed by atoms with E-state index in [0.29, 0.717) is 29.3 Å². The molecule has 0 saturated heterocycles. The van der Waals surface area contributed by atoms with Crippen LogP contribution in [0.5, 0.6) is 0 Å². The molecule has 3 aromatic rings. The predicted molar refractivity (Wildman–Crippen MR) is 83.4 cm³/mol. The number of carbonyl (C=O) groups is 1. The number of amides is 1. The summed E-state index contributed by atoms with van der Waals surface area (Å²) in [6.07, 6.45) is 0.632. The van der Waals surface area contributed by atoms with Gasteiger partial charge in [0.25, 0.3) is 5.91 Å². The van der Waals surface area contributed by atoms with E-state index in [2.05, 4.69) is 15.5 Å². The molecular weight excluding hydrogens is 316 g/mol. The summed E-state index contributed by atoms with van der Waals surface area (Å²) in [6, 6.07) is 9.26. The van der Waals surface area contributed by atoms with Crippen molar-refractivity contribution in [1.82, 2.24) is 10.1 Å². The normalized spacial score (nSPS) is 10.6. The Morgan fingerprint density at radius 3 is 2.58 bits per heavy atom. The Kier molecular flexibility index (Phi) is 4.33. The van der Waals surface area contributed by atoms with Gasteiger partial charge in [-0.15, -0.1) is 0 Å². The van der Waals surface area contributed by atoms with E-state index in [1.165, 1.54) is 0 Å². The van der Waals surface area contributed by atoms with E-state index in [0.717, 1.165) is 18.2 Å². The van der Waals surface area contributed by atoms with Crippen LogP contribution in [0.1, 0.15) is 23.2 Å². The molecule has 1 heterocycles. The van der Waals surface area contributed by atoms with E-state index in [1.54, 1.807) is 24.3 Å². The zero-order chi connectivity index (χ0) is 17.1. The van der Waals surface area contributed by atoms with Gasteiger partial charge < -0.3 is 9.84 Å². The van der Waals surface area contributed by atoms with Gasteiger partial charge in [0.15, 0.2) is 0 Å². The summed E-state index contributed by atoms with van der Waals surface area (Å²) in [4.78, 5) is 16.3. The summed E-state index contributed by atoms with van der Waals surface area (Å²) in [5, 5.41) is 6.18. The van der Waals surface area contributed by atoms with Gasteiger partial charge in [0.1, 0.15) is 11.6 Å². The molecule has 5 nitrogen and oxygen atoms in total. The topological polar surface area (TPSA) is 68.0 Å². The van der Waals surface area contributed by atoms with Gasteiger partial charge in [0, 0.05) is 23.6 Å². The van der Waals surface area contributed by atoms with Crippen LogP contribution in [-0.2, 0) is 6.42 Å². The summed E-state index contributed by atoms with van der Waals surface area (Å²) in [5.41, 5.74) is 0.767. The fourth-order valence-corrected chi connectivity index (χ4v) is 2.07. The summed E-state index contributed by atoms with van der Waals surface area (Å²) in [5.74, 6) is -0.942. The van der Waals surface area contributed by atoms with Gasteiger partial charge in [-0.2, -0.15) is 4.98 Å². The zero-order valence-electron chi connectivity index (χ0n) is 12.7. The first-order valence-electron chi connectivity index (χ1n) is 7.26. The minimum atomic E-state index is -0.708. The molecule has 2 aromatic carbocycles. The number of anilines is 1. The van der Waals surface area contributed by atoms with Crippen LogP contribution >= 0.6 is 0 Å². The Labute approximate surface area is 136 Å². The molecule has 0 fully saturated rings. The summed E-state index contributed by atoms with van der Waals surface area (Å²) < 4.78 is 31.7. The number of benzene rings is 2. The maximum Gasteiger partial charge on any atom is 0.255 e. The van der Waals surface area contributed by atoms with Crippen molar-refractivity contribution in [2.45, 2.75) is 13.3 Å². The molecule has 0 aliphatic rings. The fourth-order valence-electron chi connectivity index (χ4n) is 2.07. The van der Waals surface area contributed by atoms with Crippen LogP contribution in [0.15, 0.2) is 47.0 Å². The molecule has 0 aliphatic carbocycles. The number of hydrogen-bond donors (Lipinski definition) is 1. The maximum atomic E-state index is 13.6. The quantitative estimate of drug-likeness (QED) is 0.790. The van der Waals surface area contributed by atoms with Crippen LogP contribution in [0.4, 0.5) is 14.5 Å². The summed E-state index contributed by atoms with van der Waals surface area (Å²) >= 11 is 0. The van der Waals surface area contributed by atoms with Crippen LogP contribution in [0.3, 0.4) is 0 Å². The van der Waals surface area contributed by atoms with Gasteiger partial charge >= 0.3 is 0 Å². The highest BCUT2D eigenvalue weighted by Crippen LogP contribution is 2.19. The standard InChI is InChI=1S/C17H13F2N3O2/c1-2-15-21-16(22-24-15)10-3-5-11(6-4-10)17(23)20-14-9-12(18)7-8-13(14)19/h3-9H,2H2,1H3,(H,20,23). The number of hydrogen-bond acceptors (Lipinski definition) is 4. The second-order valence-corrected chi connectivity index (χ2v) is 5.02. The number of aromatic nitrogens is 2. The highest BCUT2D eigenvalue weighted by molar-refractivity contribution is 6.04. The lowest BCUT2D eigenvalue weighted by Crippen LogP contribution is -2.13. The Bertz CT molecular complexity index is 876. The number of rotatable bonds is 4. The lowest BCUT2D eigenvalue weighted by molar-refractivity contribution is 0.102. The number of aryl methyl sites for hydroxylation is 1. The smallest absolute Gasteiger partial charge is 0.255 e. The fraction of sp³-hybridized carbons (Fsp3) is 0.118. The lowest BCUT2D eigenvalue weighted by atomic mass is 10.1. The molecule has 0 saturated carbocycles. The van der Waals surface area contributed by atoms with E-state index in [1.807, 2.05) is 6.92 Å². The van der Waals surface area contributed by atoms with Crippen molar-refractivity contribution in [3.05, 3.63) is 65.6 Å². The van der Waals surface area contributed by atoms with Crippen molar-refractivity contribution in [3.8, 4) is 11.4 Å². The van der Waals surface area contributed by atoms with Crippen molar-refractivity contribution in [2.75, 3.05) is 5.32 Å². The first kappa shape index (κ1) is 15.8. The van der Waals surface area contributed by atoms with Crippen LogP contribution in [-0.4, -0.2) is 16.0 Å². The van der Waals surface area contributed by atoms with Crippen molar-refractivity contribution < 1.29 is 18.1 Å². The van der Waals surface area contributed by atoms with Crippen LogP contribution in [0.2, 0.25) is 0 Å². The molecule has 3 rings (SSSR count). The molecule has 0 radical (unpaired) electrons. The first-order chi connectivity index (χ1) is 11.6. The Balaban J connectivity index is 1.77. The molecule has 1 amide bonds. The molecule has 1 aromatic heterocycles. The second-order valence-electron chi connectivity index (χ2n) is 5.02. The Morgan fingerprint density at radius 1 is 1.17 bits per heavy atom. The first-order valence-corrected chi connectivity index (χ1v) is 7.26. The minimum Gasteiger partial charge on any atom is -0.339 e. The third-order valence-corrected chi connectivity index (χ3v) is 3.35. The highest BCUT2D eigenvalue weighted by Gasteiger charge is 2.12. The van der Waals surface area contributed by atoms with Crippen molar-refractivity contribution in [1.29, 1.82) is 0 Å². The van der Waals surface area contributed by atoms with Crippen LogP contribution in [0.25, 0.3) is 11.4 Å². The third-order valence-electron chi connectivity index (χ3n) is 3.35. The molecule has 1 N–H and O–H groups in total. The minimum absolute atomic E-state index is 0.213. The largest absolute Gasteiger partial charge is 0.339 e. The SMILES string of the molecule is CCc1nc(-c2ccc(C(=O)Nc3cc(F)ccc3F)cc2)no1. The van der Waals surface area contributed by atoms with Gasteiger partial charge in [-0.1, -0.05) is 24.2 Å². The highest BCUT2D eigenvalue weighted by atomic mass is 19.1. The predicted octanol–water partition coefficient (Wildman–Crippen LogP) is 3.83. The molecule has 0 bridgehead atoms. The average molecular weight is 329 g/mol. The second kappa shape index (κ2) is 6.57. The van der Waals surface area contributed by atoms with Crippen molar-refractivity contribution in [3.63, 3.8) is 0 Å². The number of halogens is 2. The van der Waals surface area contributed by atoms with Gasteiger partial charge in [-0.3, -0.25) is 4.79 Å². The lowest BCUT2D eigenvalue weighted by Gasteiger charge is -2.07. The Hall–Kier alpha value is -3.09. The van der Waals surface area contributed by atoms with Gasteiger partial charge in [-0.05, 0) is 24.3 Å². The van der Waals surface area contributed by atoms with E-state index in [4.69, 9.17) is 4.52 Å². The third kappa shape index (κ3) is 3.29. The molecule has 0 atom stereocenters. The molecule has 7 heteroatoms. The van der Waals surface area contributed by atoms with Gasteiger partial charge in [0.05, 0.1) is 5.69 Å². The van der Waals surface area contributed by atoms with Crippen LogP contribution < -0.4 is 5.32 Å². The zero-order valence-corrected chi connectivity index (χ0v) is 12.7. The summed E-state index contributed by atoms with van der Waals surface area (Å²) in [6.45, 7) is 1.90. The molecule has 0 aliphatic heterocycles. The van der Waals surface area contributed by atoms with E-state index < -0.39 is 17.5 Å². The van der Waals surface area contributed by atoms with Crippen LogP contribution in [0, 0.1) is 11.6 Å². The van der Waals surface area contributed by atoms with Crippen molar-refractivity contribution in [2.24, 2.45) is 0 Å². The molecule has 0 spiro atoms. The van der Waals surface area contributed by atoms with Gasteiger partial charge in [0.2, 0.25) is 11.7 Å². The number of nitrogens with zero attached hydrogens (tertiary/aromatic N) is 2. The van der Waals surface area contributed by atoms with E-state index in [9.17, 15) is 13.6 Å². The monoisotopic (exact) mass is 329 g/mol. The van der Waals surface area contributed by atoms with Gasteiger partial charge in [-0.25, -0.2) is 8.78 Å². The van der Waals surface area contributed by atoms with E-state index in [-0.39, 0.29) is 5.69 Å². The number of nitrogens with one attached hydrogen (secondary N) is 1. The van der Waals surface area contributed by atoms with E-state index >= 15 is 0 Å². The maximum absolute atomic E-state index is 13.6. The molecular formula is C17H13F2N3O2.